The number of hydrogen-bond donors (Lipinski definition) is 2. The molecule has 0 aliphatic rings. The number of nitrogens with two attached hydrogens (primary N) is 1. The molecule has 0 saturated heterocycles. The highest BCUT2D eigenvalue weighted by Crippen LogP contribution is 2.37. The van der Waals surface area contributed by atoms with Crippen LogP contribution in [0.15, 0.2) is 40.9 Å². The van der Waals surface area contributed by atoms with Crippen LogP contribution in [0.1, 0.15) is 16.7 Å². The first kappa shape index (κ1) is 19.2. The fraction of sp³-hybridized carbons (Fsp3) is 0.100. The van der Waals surface area contributed by atoms with Gasteiger partial charge in [0.25, 0.3) is 0 Å². The van der Waals surface area contributed by atoms with Gasteiger partial charge in [0.05, 0.1) is 18.2 Å². The minimum atomic E-state index is 0.217. The van der Waals surface area contributed by atoms with Crippen molar-refractivity contribution in [2.75, 3.05) is 11.1 Å². The van der Waals surface area contributed by atoms with Crippen LogP contribution in [0.3, 0.4) is 0 Å². The van der Waals surface area contributed by atoms with Gasteiger partial charge in [-0.25, -0.2) is 4.85 Å². The largest absolute Gasteiger partial charge is 0.437 e. The average Bonchev–Trinajstić information content (AvgIpc) is 2.68. The Bertz CT molecular complexity index is 1110. The third kappa shape index (κ3) is 4.03. The van der Waals surface area contributed by atoms with Crippen LogP contribution in [0.25, 0.3) is 4.85 Å². The van der Waals surface area contributed by atoms with Gasteiger partial charge in [0.1, 0.15) is 16.0 Å². The van der Waals surface area contributed by atoms with E-state index in [9.17, 15) is 0 Å². The zero-order valence-electron chi connectivity index (χ0n) is 15.1. The van der Waals surface area contributed by atoms with Gasteiger partial charge in [0.15, 0.2) is 5.69 Å². The van der Waals surface area contributed by atoms with Crippen molar-refractivity contribution >= 4 is 39.1 Å². The highest BCUT2D eigenvalue weighted by atomic mass is 79.9. The minimum absolute atomic E-state index is 0.217. The molecule has 0 atom stereocenters. The zero-order chi connectivity index (χ0) is 20.3. The number of ether oxygens (including phenoxy) is 1. The van der Waals surface area contributed by atoms with Gasteiger partial charge in [0, 0.05) is 5.69 Å². The summed E-state index contributed by atoms with van der Waals surface area (Å²) in [5, 5.41) is 11.9. The maximum atomic E-state index is 8.89. The number of nitrogens with zero attached hydrogens (tertiary/aromatic N) is 4. The second-order valence-electron chi connectivity index (χ2n) is 5.99. The number of benzene rings is 2. The maximum Gasteiger partial charge on any atom is 0.240 e. The number of anilines is 3. The number of nitriles is 1. The molecule has 0 aliphatic carbocycles. The molecule has 0 radical (unpaired) electrons. The van der Waals surface area contributed by atoms with Gasteiger partial charge >= 0.3 is 0 Å². The Morgan fingerprint density at radius 2 is 1.82 bits per heavy atom. The van der Waals surface area contributed by atoms with Gasteiger partial charge in [-0.05, 0) is 77.3 Å². The van der Waals surface area contributed by atoms with Crippen LogP contribution in [-0.2, 0) is 0 Å². The van der Waals surface area contributed by atoms with Gasteiger partial charge in [-0.2, -0.15) is 15.2 Å². The molecule has 0 amide bonds. The van der Waals surface area contributed by atoms with Crippen LogP contribution < -0.4 is 15.8 Å². The van der Waals surface area contributed by atoms with Gasteiger partial charge < -0.3 is 15.8 Å². The second-order valence-corrected chi connectivity index (χ2v) is 6.78. The first-order valence-corrected chi connectivity index (χ1v) is 8.97. The van der Waals surface area contributed by atoms with E-state index in [1.165, 1.54) is 0 Å². The standard InChI is InChI=1S/C20H15BrN6O/c1-11-8-15(24-3)9-12(2)17(11)28-19-16(21)18(23)26-20(27-19)25-14-6-4-13(10-22)5-7-14/h4-9H,1-2H3,(H3,23,25,26,27). The predicted octanol–water partition coefficient (Wildman–Crippen LogP) is 5.40. The minimum Gasteiger partial charge on any atom is -0.437 e. The molecule has 0 aliphatic heterocycles. The molecule has 3 rings (SSSR count). The summed E-state index contributed by atoms with van der Waals surface area (Å²) in [5.41, 5.74) is 9.44. The van der Waals surface area contributed by atoms with Crippen LogP contribution in [0, 0.1) is 31.8 Å². The van der Waals surface area contributed by atoms with Crippen molar-refractivity contribution in [3.63, 3.8) is 0 Å². The molecule has 3 N–H and O–H groups in total. The van der Waals surface area contributed by atoms with Crippen LogP contribution in [-0.4, -0.2) is 9.97 Å². The molecule has 0 fully saturated rings. The van der Waals surface area contributed by atoms with E-state index in [4.69, 9.17) is 22.3 Å². The SMILES string of the molecule is [C-]#[N+]c1cc(C)c(Oc2nc(Nc3ccc(C#N)cc3)nc(N)c2Br)c(C)c1. The lowest BCUT2D eigenvalue weighted by molar-refractivity contribution is 0.453. The molecule has 3 aromatic rings. The van der Waals surface area contributed by atoms with Gasteiger partial charge in [-0.15, -0.1) is 0 Å². The third-order valence-corrected chi connectivity index (χ3v) is 4.63. The second kappa shape index (κ2) is 7.95. The molecule has 7 nitrogen and oxygen atoms in total. The normalized spacial score (nSPS) is 10.0. The molecular weight excluding hydrogens is 420 g/mol. The smallest absolute Gasteiger partial charge is 0.240 e. The van der Waals surface area contributed by atoms with Crippen molar-refractivity contribution < 1.29 is 4.74 Å². The summed E-state index contributed by atoms with van der Waals surface area (Å²) in [4.78, 5) is 12.1. The Morgan fingerprint density at radius 3 is 2.39 bits per heavy atom. The number of rotatable bonds is 4. The lowest BCUT2D eigenvalue weighted by Crippen LogP contribution is -2.04. The third-order valence-electron chi connectivity index (χ3n) is 3.89. The molecule has 28 heavy (non-hydrogen) atoms. The first-order valence-electron chi connectivity index (χ1n) is 8.18. The maximum absolute atomic E-state index is 8.89. The lowest BCUT2D eigenvalue weighted by Gasteiger charge is -2.15. The van der Waals surface area contributed by atoms with Crippen LogP contribution >= 0.6 is 15.9 Å². The summed E-state index contributed by atoms with van der Waals surface area (Å²) in [5.74, 6) is 1.34. The van der Waals surface area contributed by atoms with E-state index in [-0.39, 0.29) is 17.6 Å². The van der Waals surface area contributed by atoms with Gasteiger partial charge in [-0.1, -0.05) is 0 Å². The molecule has 0 bridgehead atoms. The Balaban J connectivity index is 1.94. The summed E-state index contributed by atoms with van der Waals surface area (Å²) in [6, 6.07) is 12.4. The van der Waals surface area contributed by atoms with Gasteiger partial charge in [-0.3, -0.25) is 0 Å². The number of nitrogen functional groups attached to an aromatic ring is 1. The Labute approximate surface area is 170 Å². The number of aromatic nitrogens is 2. The van der Waals surface area contributed by atoms with Crippen molar-refractivity contribution in [3.8, 4) is 17.7 Å². The zero-order valence-corrected chi connectivity index (χ0v) is 16.7. The molecule has 1 aromatic heterocycles. The molecule has 2 aromatic carbocycles. The monoisotopic (exact) mass is 434 g/mol. The van der Waals surface area contributed by atoms with Crippen LogP contribution in [0.5, 0.6) is 11.6 Å². The fourth-order valence-corrected chi connectivity index (χ4v) is 2.83. The lowest BCUT2D eigenvalue weighted by atomic mass is 10.1. The fourth-order valence-electron chi connectivity index (χ4n) is 2.57. The number of nitrogens with one attached hydrogen (secondary N) is 1. The van der Waals surface area contributed by atoms with E-state index in [2.05, 4.69) is 42.1 Å². The number of hydrogen-bond acceptors (Lipinski definition) is 6. The highest BCUT2D eigenvalue weighted by molar-refractivity contribution is 9.10. The van der Waals surface area contributed by atoms with Crippen molar-refractivity contribution in [2.24, 2.45) is 0 Å². The molecule has 138 valence electrons. The summed E-state index contributed by atoms with van der Waals surface area (Å²) in [7, 11) is 0. The van der Waals surface area contributed by atoms with E-state index in [0.717, 1.165) is 11.1 Å². The van der Waals surface area contributed by atoms with E-state index in [1.807, 2.05) is 13.8 Å². The Morgan fingerprint density at radius 1 is 1.18 bits per heavy atom. The molecule has 8 heteroatoms. The van der Waals surface area contributed by atoms with E-state index in [0.29, 0.717) is 27.2 Å². The number of halogens is 1. The van der Waals surface area contributed by atoms with E-state index < -0.39 is 0 Å². The van der Waals surface area contributed by atoms with Crippen molar-refractivity contribution in [2.45, 2.75) is 13.8 Å². The van der Waals surface area contributed by atoms with Crippen molar-refractivity contribution in [3.05, 3.63) is 69.0 Å². The quantitative estimate of drug-likeness (QED) is 0.533. The summed E-state index contributed by atoms with van der Waals surface area (Å²) in [6.45, 7) is 10.9. The molecule has 0 saturated carbocycles. The predicted molar refractivity (Wildman–Crippen MR) is 111 cm³/mol. The van der Waals surface area contributed by atoms with E-state index in [1.54, 1.807) is 36.4 Å². The molecule has 0 unspecified atom stereocenters. The highest BCUT2D eigenvalue weighted by Gasteiger charge is 2.15. The molecular formula is C20H15BrN6O. The van der Waals surface area contributed by atoms with Crippen LogP contribution in [0.2, 0.25) is 0 Å². The Hall–Kier alpha value is -3.62. The number of aryl methyl sites for hydroxylation is 2. The summed E-state index contributed by atoms with van der Waals surface area (Å²) >= 11 is 3.37. The van der Waals surface area contributed by atoms with Crippen molar-refractivity contribution in [1.29, 1.82) is 5.26 Å². The summed E-state index contributed by atoms with van der Waals surface area (Å²) in [6.07, 6.45) is 0. The first-order chi connectivity index (χ1) is 13.4. The van der Waals surface area contributed by atoms with Gasteiger partial charge in [0.2, 0.25) is 11.8 Å². The Kier molecular flexibility index (Phi) is 5.44. The van der Waals surface area contributed by atoms with Crippen LogP contribution in [0.4, 0.5) is 23.1 Å². The molecule has 1 heterocycles. The van der Waals surface area contributed by atoms with E-state index >= 15 is 0 Å². The van der Waals surface area contributed by atoms with Crippen molar-refractivity contribution in [1.82, 2.24) is 9.97 Å². The topological polar surface area (TPSA) is 101 Å². The average molecular weight is 435 g/mol. The summed E-state index contributed by atoms with van der Waals surface area (Å²) < 4.78 is 6.44. The molecule has 0 spiro atoms.